The molecule has 0 aliphatic carbocycles. The first-order valence-corrected chi connectivity index (χ1v) is 8.03. The van der Waals surface area contributed by atoms with E-state index in [1.54, 1.807) is 12.7 Å². The number of imidazole rings is 1. The summed E-state index contributed by atoms with van der Waals surface area (Å²) in [6.07, 6.45) is 7.58. The van der Waals surface area contributed by atoms with Gasteiger partial charge in [0.15, 0.2) is 0 Å². The maximum absolute atomic E-state index is 5.49. The molecule has 1 saturated heterocycles. The first kappa shape index (κ1) is 13.9. The molecule has 7 heteroatoms. The van der Waals surface area contributed by atoms with E-state index in [1.165, 1.54) is 11.5 Å². The molecular weight excluding hydrogens is 280 g/mol. The number of hydrogen-bond acceptors (Lipinski definition) is 5. The van der Waals surface area contributed by atoms with Gasteiger partial charge in [-0.25, -0.2) is 14.6 Å². The van der Waals surface area contributed by atoms with Gasteiger partial charge in [0, 0.05) is 32.3 Å². The fourth-order valence-corrected chi connectivity index (χ4v) is 3.70. The second-order valence-electron chi connectivity index (χ2n) is 6.11. The van der Waals surface area contributed by atoms with Crippen LogP contribution in [0.3, 0.4) is 0 Å². The zero-order valence-corrected chi connectivity index (χ0v) is 12.9. The molecule has 7 nitrogen and oxygen atoms in total. The lowest BCUT2D eigenvalue weighted by molar-refractivity contribution is 0.00871. The van der Waals surface area contributed by atoms with Crippen molar-refractivity contribution < 1.29 is 4.74 Å². The Bertz CT molecular complexity index is 616. The molecule has 4 heterocycles. The highest BCUT2D eigenvalue weighted by molar-refractivity contribution is 5.12. The van der Waals surface area contributed by atoms with Gasteiger partial charge in [-0.3, -0.25) is 4.90 Å². The van der Waals surface area contributed by atoms with E-state index in [4.69, 9.17) is 9.72 Å². The SMILES string of the molecule is C[C@H]1c2ncc(Cn3cncn3)n2CCN1C1CCOCC1. The number of aromatic nitrogens is 5. The molecule has 22 heavy (non-hydrogen) atoms. The average molecular weight is 302 g/mol. The smallest absolute Gasteiger partial charge is 0.137 e. The molecule has 0 bridgehead atoms. The largest absolute Gasteiger partial charge is 0.381 e. The van der Waals surface area contributed by atoms with Crippen LogP contribution in [0.25, 0.3) is 0 Å². The van der Waals surface area contributed by atoms with Gasteiger partial charge in [-0.1, -0.05) is 0 Å². The van der Waals surface area contributed by atoms with Crippen molar-refractivity contribution in [1.29, 1.82) is 0 Å². The molecule has 1 fully saturated rings. The van der Waals surface area contributed by atoms with Crippen molar-refractivity contribution in [3.63, 3.8) is 0 Å². The minimum Gasteiger partial charge on any atom is -0.381 e. The van der Waals surface area contributed by atoms with Gasteiger partial charge < -0.3 is 9.30 Å². The quantitative estimate of drug-likeness (QED) is 0.849. The zero-order valence-electron chi connectivity index (χ0n) is 12.9. The van der Waals surface area contributed by atoms with Gasteiger partial charge in [0.1, 0.15) is 18.5 Å². The first-order chi connectivity index (χ1) is 10.8. The van der Waals surface area contributed by atoms with Crippen molar-refractivity contribution >= 4 is 0 Å². The molecule has 0 radical (unpaired) electrons. The fraction of sp³-hybridized carbons (Fsp3) is 0.667. The summed E-state index contributed by atoms with van der Waals surface area (Å²) >= 11 is 0. The van der Waals surface area contributed by atoms with Crippen molar-refractivity contribution in [2.24, 2.45) is 0 Å². The van der Waals surface area contributed by atoms with Gasteiger partial charge in [0.05, 0.1) is 24.5 Å². The summed E-state index contributed by atoms with van der Waals surface area (Å²) < 4.78 is 9.69. The highest BCUT2D eigenvalue weighted by atomic mass is 16.5. The molecule has 0 saturated carbocycles. The van der Waals surface area contributed by atoms with Crippen LogP contribution in [0.5, 0.6) is 0 Å². The highest BCUT2D eigenvalue weighted by Crippen LogP contribution is 2.30. The predicted molar refractivity (Wildman–Crippen MR) is 80.3 cm³/mol. The van der Waals surface area contributed by atoms with Crippen LogP contribution in [0.1, 0.15) is 37.3 Å². The van der Waals surface area contributed by atoms with Crippen molar-refractivity contribution in [2.45, 2.75) is 44.9 Å². The maximum atomic E-state index is 5.49. The van der Waals surface area contributed by atoms with E-state index >= 15 is 0 Å². The summed E-state index contributed by atoms with van der Waals surface area (Å²) in [4.78, 5) is 11.3. The molecule has 1 atom stereocenters. The third kappa shape index (κ3) is 2.44. The molecule has 0 N–H and O–H groups in total. The average Bonchev–Trinajstić information content (AvgIpc) is 3.20. The highest BCUT2D eigenvalue weighted by Gasteiger charge is 2.32. The lowest BCUT2D eigenvalue weighted by Gasteiger charge is -2.41. The molecule has 118 valence electrons. The van der Waals surface area contributed by atoms with Crippen LogP contribution in [0.4, 0.5) is 0 Å². The second kappa shape index (κ2) is 5.81. The number of rotatable bonds is 3. The third-order valence-electron chi connectivity index (χ3n) is 4.87. The molecule has 0 aromatic carbocycles. The summed E-state index contributed by atoms with van der Waals surface area (Å²) in [5.41, 5.74) is 1.21. The van der Waals surface area contributed by atoms with E-state index in [2.05, 4.69) is 26.5 Å². The molecule has 2 aromatic rings. The van der Waals surface area contributed by atoms with Crippen LogP contribution in [-0.2, 0) is 17.8 Å². The Morgan fingerprint density at radius 1 is 1.27 bits per heavy atom. The Morgan fingerprint density at radius 2 is 2.14 bits per heavy atom. The first-order valence-electron chi connectivity index (χ1n) is 8.03. The Kier molecular flexibility index (Phi) is 3.67. The third-order valence-corrected chi connectivity index (χ3v) is 4.87. The second-order valence-corrected chi connectivity index (χ2v) is 6.11. The van der Waals surface area contributed by atoms with Crippen molar-refractivity contribution in [3.05, 3.63) is 30.4 Å². The van der Waals surface area contributed by atoms with Crippen molar-refractivity contribution in [1.82, 2.24) is 29.2 Å². The number of ether oxygens (including phenoxy) is 1. The Labute approximate surface area is 129 Å². The number of hydrogen-bond donors (Lipinski definition) is 0. The number of nitrogens with zero attached hydrogens (tertiary/aromatic N) is 6. The normalized spacial score (nSPS) is 23.6. The van der Waals surface area contributed by atoms with Crippen molar-refractivity contribution in [2.75, 3.05) is 19.8 Å². The minimum atomic E-state index is 0.362. The summed E-state index contributed by atoms with van der Waals surface area (Å²) in [6.45, 7) is 6.87. The molecule has 2 aromatic heterocycles. The predicted octanol–water partition coefficient (Wildman–Crippen LogP) is 1.08. The molecule has 0 amide bonds. The van der Waals surface area contributed by atoms with Crippen LogP contribution >= 0.6 is 0 Å². The maximum Gasteiger partial charge on any atom is 0.137 e. The van der Waals surface area contributed by atoms with Crippen LogP contribution in [0.2, 0.25) is 0 Å². The Hall–Kier alpha value is -1.73. The summed E-state index contributed by atoms with van der Waals surface area (Å²) in [5, 5.41) is 4.19. The van der Waals surface area contributed by atoms with Gasteiger partial charge in [-0.05, 0) is 19.8 Å². The van der Waals surface area contributed by atoms with E-state index in [0.29, 0.717) is 12.1 Å². The fourth-order valence-electron chi connectivity index (χ4n) is 3.70. The summed E-state index contributed by atoms with van der Waals surface area (Å²) in [6, 6.07) is 0.995. The standard InChI is InChI=1S/C15H22N6O/c1-12-15-17-8-14(9-19-11-16-10-18-19)21(15)5-4-20(12)13-2-6-22-7-3-13/h8,10-13H,2-7,9H2,1H3/t12-/m0/s1. The molecule has 2 aliphatic heterocycles. The Balaban J connectivity index is 1.54. The summed E-state index contributed by atoms with van der Waals surface area (Å²) in [5.74, 6) is 1.17. The molecule has 2 aliphatic rings. The van der Waals surface area contributed by atoms with Crippen LogP contribution in [-0.4, -0.2) is 55.0 Å². The van der Waals surface area contributed by atoms with Crippen LogP contribution < -0.4 is 0 Å². The Morgan fingerprint density at radius 3 is 2.91 bits per heavy atom. The van der Waals surface area contributed by atoms with Gasteiger partial charge in [0.25, 0.3) is 0 Å². The van der Waals surface area contributed by atoms with E-state index in [0.717, 1.165) is 45.7 Å². The molecule has 0 unspecified atom stereocenters. The van der Waals surface area contributed by atoms with E-state index in [1.807, 2.05) is 10.9 Å². The van der Waals surface area contributed by atoms with Gasteiger partial charge in [0.2, 0.25) is 0 Å². The van der Waals surface area contributed by atoms with E-state index in [9.17, 15) is 0 Å². The van der Waals surface area contributed by atoms with Crippen LogP contribution in [0, 0.1) is 0 Å². The zero-order chi connectivity index (χ0) is 14.9. The molecule has 0 spiro atoms. The topological polar surface area (TPSA) is 61.0 Å². The minimum absolute atomic E-state index is 0.362. The summed E-state index contributed by atoms with van der Waals surface area (Å²) in [7, 11) is 0. The monoisotopic (exact) mass is 302 g/mol. The number of fused-ring (bicyclic) bond motifs is 1. The van der Waals surface area contributed by atoms with Gasteiger partial charge in [-0.15, -0.1) is 0 Å². The van der Waals surface area contributed by atoms with Crippen molar-refractivity contribution in [3.8, 4) is 0 Å². The van der Waals surface area contributed by atoms with E-state index in [-0.39, 0.29) is 0 Å². The van der Waals surface area contributed by atoms with Gasteiger partial charge >= 0.3 is 0 Å². The lowest BCUT2D eigenvalue weighted by atomic mass is 10.0. The molecule has 4 rings (SSSR count). The van der Waals surface area contributed by atoms with E-state index < -0.39 is 0 Å². The molecular formula is C15H22N6O. The lowest BCUT2D eigenvalue weighted by Crippen LogP contribution is -2.46. The van der Waals surface area contributed by atoms with Crippen LogP contribution in [0.15, 0.2) is 18.9 Å². The van der Waals surface area contributed by atoms with Gasteiger partial charge in [-0.2, -0.15) is 5.10 Å².